The zero-order valence-corrected chi connectivity index (χ0v) is 9.81. The fourth-order valence-corrected chi connectivity index (χ4v) is 1.96. The quantitative estimate of drug-likeness (QED) is 0.816. The van der Waals surface area contributed by atoms with Crippen LogP contribution in [0.3, 0.4) is 0 Å². The van der Waals surface area contributed by atoms with E-state index >= 15 is 0 Å². The van der Waals surface area contributed by atoms with Crippen molar-refractivity contribution in [3.8, 4) is 0 Å². The molecule has 0 fully saturated rings. The van der Waals surface area contributed by atoms with Gasteiger partial charge in [-0.15, -0.1) is 0 Å². The predicted molar refractivity (Wildman–Crippen MR) is 62.9 cm³/mol. The van der Waals surface area contributed by atoms with Gasteiger partial charge in [0.2, 0.25) is 0 Å². The zero-order valence-electron chi connectivity index (χ0n) is 9.05. The minimum Gasteiger partial charge on any atom is -0.328 e. The van der Waals surface area contributed by atoms with E-state index in [-0.39, 0.29) is 6.04 Å². The molecule has 0 spiro atoms. The molecule has 0 saturated carbocycles. The fourth-order valence-electron chi connectivity index (χ4n) is 1.54. The Balaban J connectivity index is 2.89. The molecule has 0 radical (unpaired) electrons. The lowest BCUT2D eigenvalue weighted by molar-refractivity contribution is 0.737. The lowest BCUT2D eigenvalue weighted by Crippen LogP contribution is -2.17. The largest absolute Gasteiger partial charge is 0.328 e. The maximum absolute atomic E-state index is 6.17. The molecule has 1 atom stereocenters. The SMILES string of the molecule is CC(N)Cc1ccc(C(C)C)c(Cl)c1. The zero-order chi connectivity index (χ0) is 10.7. The summed E-state index contributed by atoms with van der Waals surface area (Å²) in [5, 5.41) is 0.859. The number of hydrogen-bond donors (Lipinski definition) is 1. The number of rotatable bonds is 3. The first-order valence-electron chi connectivity index (χ1n) is 5.04. The first-order valence-corrected chi connectivity index (χ1v) is 5.42. The van der Waals surface area contributed by atoms with Crippen molar-refractivity contribution < 1.29 is 0 Å². The van der Waals surface area contributed by atoms with Gasteiger partial charge < -0.3 is 5.73 Å². The third kappa shape index (κ3) is 3.00. The Kier molecular flexibility index (Phi) is 3.97. The standard InChI is InChI=1S/C12H18ClN/c1-8(2)11-5-4-10(6-9(3)14)7-12(11)13/h4-5,7-9H,6,14H2,1-3H3. The third-order valence-corrected chi connectivity index (χ3v) is 2.57. The van der Waals surface area contributed by atoms with Crippen LogP contribution in [0.4, 0.5) is 0 Å². The molecule has 0 aliphatic carbocycles. The average Bonchev–Trinajstić information content (AvgIpc) is 2.01. The van der Waals surface area contributed by atoms with Gasteiger partial charge in [-0.05, 0) is 36.5 Å². The van der Waals surface area contributed by atoms with Crippen molar-refractivity contribution in [1.29, 1.82) is 0 Å². The Morgan fingerprint density at radius 3 is 2.36 bits per heavy atom. The van der Waals surface area contributed by atoms with Crippen LogP contribution < -0.4 is 5.73 Å². The van der Waals surface area contributed by atoms with Crippen molar-refractivity contribution in [2.45, 2.75) is 39.2 Å². The van der Waals surface area contributed by atoms with E-state index in [1.807, 2.05) is 13.0 Å². The topological polar surface area (TPSA) is 26.0 Å². The van der Waals surface area contributed by atoms with E-state index < -0.39 is 0 Å². The Labute approximate surface area is 91.3 Å². The molecule has 1 nitrogen and oxygen atoms in total. The van der Waals surface area contributed by atoms with Crippen molar-refractivity contribution in [3.05, 3.63) is 34.3 Å². The summed E-state index contributed by atoms with van der Waals surface area (Å²) in [5.41, 5.74) is 8.15. The van der Waals surface area contributed by atoms with Gasteiger partial charge in [0, 0.05) is 11.1 Å². The molecule has 2 heteroatoms. The molecule has 1 aromatic rings. The molecule has 0 aliphatic heterocycles. The Morgan fingerprint density at radius 2 is 1.93 bits per heavy atom. The molecule has 0 aliphatic rings. The van der Waals surface area contributed by atoms with Gasteiger partial charge in [0.1, 0.15) is 0 Å². The van der Waals surface area contributed by atoms with Crippen LogP contribution in [0.5, 0.6) is 0 Å². The molecule has 0 amide bonds. The fraction of sp³-hybridized carbons (Fsp3) is 0.500. The lowest BCUT2D eigenvalue weighted by atomic mass is 9.99. The highest BCUT2D eigenvalue weighted by molar-refractivity contribution is 6.31. The molecular weight excluding hydrogens is 194 g/mol. The van der Waals surface area contributed by atoms with E-state index in [0.717, 1.165) is 11.4 Å². The Hall–Kier alpha value is -0.530. The number of benzene rings is 1. The molecule has 0 aromatic heterocycles. The first-order chi connectivity index (χ1) is 6.50. The van der Waals surface area contributed by atoms with E-state index in [9.17, 15) is 0 Å². The van der Waals surface area contributed by atoms with Crippen molar-refractivity contribution in [2.75, 3.05) is 0 Å². The van der Waals surface area contributed by atoms with Crippen molar-refractivity contribution in [3.63, 3.8) is 0 Å². The number of hydrogen-bond acceptors (Lipinski definition) is 1. The molecule has 0 heterocycles. The average molecular weight is 212 g/mol. The van der Waals surface area contributed by atoms with Crippen LogP contribution in [0, 0.1) is 0 Å². The van der Waals surface area contributed by atoms with Crippen LogP contribution in [-0.4, -0.2) is 6.04 Å². The summed E-state index contributed by atoms with van der Waals surface area (Å²) in [7, 11) is 0. The lowest BCUT2D eigenvalue weighted by Gasteiger charge is -2.11. The molecule has 14 heavy (non-hydrogen) atoms. The van der Waals surface area contributed by atoms with Crippen LogP contribution in [0.15, 0.2) is 18.2 Å². The maximum Gasteiger partial charge on any atom is 0.0443 e. The molecular formula is C12H18ClN. The van der Waals surface area contributed by atoms with E-state index in [2.05, 4.69) is 26.0 Å². The summed E-state index contributed by atoms with van der Waals surface area (Å²) in [6, 6.07) is 6.44. The molecule has 0 saturated heterocycles. The van der Waals surface area contributed by atoms with Crippen molar-refractivity contribution in [1.82, 2.24) is 0 Å². The Bertz CT molecular complexity index is 305. The third-order valence-electron chi connectivity index (χ3n) is 2.24. The van der Waals surface area contributed by atoms with Gasteiger partial charge in [0.25, 0.3) is 0 Å². The second kappa shape index (κ2) is 4.81. The van der Waals surface area contributed by atoms with Crippen LogP contribution in [0.1, 0.15) is 37.8 Å². The van der Waals surface area contributed by atoms with E-state index in [4.69, 9.17) is 17.3 Å². The molecule has 1 rings (SSSR count). The summed E-state index contributed by atoms with van der Waals surface area (Å²) in [4.78, 5) is 0. The van der Waals surface area contributed by atoms with E-state index in [1.54, 1.807) is 0 Å². The molecule has 1 aromatic carbocycles. The van der Waals surface area contributed by atoms with Gasteiger partial charge in [0.15, 0.2) is 0 Å². The van der Waals surface area contributed by atoms with Crippen LogP contribution in [0.2, 0.25) is 5.02 Å². The van der Waals surface area contributed by atoms with Gasteiger partial charge in [-0.3, -0.25) is 0 Å². The van der Waals surface area contributed by atoms with Gasteiger partial charge in [0.05, 0.1) is 0 Å². The summed E-state index contributed by atoms with van der Waals surface area (Å²) in [6.45, 7) is 6.29. The van der Waals surface area contributed by atoms with Crippen LogP contribution in [-0.2, 0) is 6.42 Å². The van der Waals surface area contributed by atoms with Crippen molar-refractivity contribution in [2.24, 2.45) is 5.73 Å². The minimum absolute atomic E-state index is 0.191. The Morgan fingerprint density at radius 1 is 1.29 bits per heavy atom. The molecule has 78 valence electrons. The predicted octanol–water partition coefficient (Wildman–Crippen LogP) is 3.35. The van der Waals surface area contributed by atoms with Gasteiger partial charge in [-0.25, -0.2) is 0 Å². The second-order valence-corrected chi connectivity index (χ2v) is 4.60. The molecule has 1 unspecified atom stereocenters. The summed E-state index contributed by atoms with van der Waals surface area (Å²) >= 11 is 6.17. The molecule has 2 N–H and O–H groups in total. The van der Waals surface area contributed by atoms with Gasteiger partial charge in [-0.2, -0.15) is 0 Å². The van der Waals surface area contributed by atoms with Crippen LogP contribution in [0.25, 0.3) is 0 Å². The number of nitrogens with two attached hydrogens (primary N) is 1. The normalized spacial score (nSPS) is 13.3. The first kappa shape index (κ1) is 11.5. The minimum atomic E-state index is 0.191. The van der Waals surface area contributed by atoms with E-state index in [1.165, 1.54) is 11.1 Å². The van der Waals surface area contributed by atoms with Gasteiger partial charge in [-0.1, -0.05) is 37.6 Å². The highest BCUT2D eigenvalue weighted by atomic mass is 35.5. The van der Waals surface area contributed by atoms with Gasteiger partial charge >= 0.3 is 0 Å². The maximum atomic E-state index is 6.17. The summed E-state index contributed by atoms with van der Waals surface area (Å²) in [6.07, 6.45) is 0.887. The van der Waals surface area contributed by atoms with Crippen molar-refractivity contribution >= 4 is 11.6 Å². The van der Waals surface area contributed by atoms with Crippen LogP contribution >= 0.6 is 11.6 Å². The highest BCUT2D eigenvalue weighted by Crippen LogP contribution is 2.25. The highest BCUT2D eigenvalue weighted by Gasteiger charge is 2.06. The molecule has 0 bridgehead atoms. The summed E-state index contributed by atoms with van der Waals surface area (Å²) < 4.78 is 0. The monoisotopic (exact) mass is 211 g/mol. The smallest absolute Gasteiger partial charge is 0.0443 e. The summed E-state index contributed by atoms with van der Waals surface area (Å²) in [5.74, 6) is 0.479. The van der Waals surface area contributed by atoms with E-state index in [0.29, 0.717) is 5.92 Å². The second-order valence-electron chi connectivity index (χ2n) is 4.19. The number of halogens is 1.